The van der Waals surface area contributed by atoms with Crippen LogP contribution in [-0.4, -0.2) is 10.5 Å². The highest BCUT2D eigenvalue weighted by Crippen LogP contribution is 1.83. The van der Waals surface area contributed by atoms with Gasteiger partial charge in [-0.15, -0.1) is 0 Å². The normalized spacial score (nSPS) is 7.50. The van der Waals surface area contributed by atoms with Gasteiger partial charge in [0.05, 0.1) is 0 Å². The molecule has 9 nitrogen and oxygen atoms in total. The van der Waals surface area contributed by atoms with E-state index in [4.69, 9.17) is 10.5 Å². The molecule has 0 saturated heterocycles. The van der Waals surface area contributed by atoms with Crippen LogP contribution >= 0.6 is 0 Å². The molecule has 2 N–H and O–H groups in total. The summed E-state index contributed by atoms with van der Waals surface area (Å²) in [5.41, 5.74) is 0. The summed E-state index contributed by atoms with van der Waals surface area (Å²) in [6.45, 7) is 0. The summed E-state index contributed by atoms with van der Waals surface area (Å²) in [5.74, 6) is 0. The van der Waals surface area contributed by atoms with E-state index in [-0.39, 0.29) is 22.3 Å². The zero-order valence-electron chi connectivity index (χ0n) is 3.75. The maximum Gasteiger partial charge on any atom is -0.00000272 e. The summed E-state index contributed by atoms with van der Waals surface area (Å²) in [4.78, 5) is 0. The molecular weight excluding hydrogens is 180 g/mol. The first kappa shape index (κ1) is 22.6. The zero-order chi connectivity index (χ0) is 6.95. The van der Waals surface area contributed by atoms with Crippen molar-refractivity contribution in [1.29, 1.82) is 0 Å². The number of hydrogen-bond acceptors (Lipinski definition) is 9. The van der Waals surface area contributed by atoms with Crippen LogP contribution in [-0.2, 0) is 35.3 Å². The lowest BCUT2D eigenvalue weighted by atomic mass is 12.0. The standard InChI is InChI=1S/3CH4.H2O9/c;;;1-3-5-7-9-8-6-4-2/h3*1H4;1-2H. The Morgan fingerprint density at radius 3 is 1.00 bits per heavy atom. The number of hydrogen-bond donors (Lipinski definition) is 2. The van der Waals surface area contributed by atoms with E-state index in [1.807, 2.05) is 0 Å². The van der Waals surface area contributed by atoms with Crippen molar-refractivity contribution in [2.45, 2.75) is 22.3 Å². The Balaban J connectivity index is -0.000000107. The molecule has 0 aromatic heterocycles. The van der Waals surface area contributed by atoms with Crippen LogP contribution in [0.5, 0.6) is 0 Å². The molecule has 0 unspecified atom stereocenters. The van der Waals surface area contributed by atoms with Crippen molar-refractivity contribution >= 4 is 0 Å². The van der Waals surface area contributed by atoms with E-state index in [0.717, 1.165) is 0 Å². The molecule has 0 aliphatic heterocycles. The fraction of sp³-hybridized carbons (Fsp3) is 1.00. The van der Waals surface area contributed by atoms with Crippen LogP contribution in [0.15, 0.2) is 0 Å². The van der Waals surface area contributed by atoms with E-state index in [9.17, 15) is 0 Å². The Bertz CT molecular complexity index is 43.0. The van der Waals surface area contributed by atoms with Crippen LogP contribution in [0.1, 0.15) is 22.3 Å². The quantitative estimate of drug-likeness (QED) is 0.369. The van der Waals surface area contributed by atoms with Crippen molar-refractivity contribution in [2.75, 3.05) is 0 Å². The Hall–Kier alpha value is -0.360. The zero-order valence-corrected chi connectivity index (χ0v) is 3.75. The second kappa shape index (κ2) is 22.4. The summed E-state index contributed by atoms with van der Waals surface area (Å²) in [7, 11) is 0. The van der Waals surface area contributed by atoms with Crippen molar-refractivity contribution in [3.05, 3.63) is 0 Å². The monoisotopic (exact) mass is 194 g/mol. The van der Waals surface area contributed by atoms with Crippen molar-refractivity contribution in [1.82, 2.24) is 0 Å². The predicted octanol–water partition coefficient (Wildman–Crippen LogP) is 1.45. The molecule has 0 saturated carbocycles. The molecule has 80 valence electrons. The number of rotatable bonds is 6. The van der Waals surface area contributed by atoms with Crippen molar-refractivity contribution in [3.8, 4) is 0 Å². The summed E-state index contributed by atoms with van der Waals surface area (Å²) >= 11 is 0. The van der Waals surface area contributed by atoms with Crippen LogP contribution in [0.3, 0.4) is 0 Å². The molecule has 0 radical (unpaired) electrons. The SMILES string of the molecule is C.C.C.OOOOOOOOO. The molecule has 0 aliphatic rings. The van der Waals surface area contributed by atoms with E-state index < -0.39 is 0 Å². The van der Waals surface area contributed by atoms with Gasteiger partial charge in [0.15, 0.2) is 0 Å². The summed E-state index contributed by atoms with van der Waals surface area (Å²) in [6.07, 6.45) is 0. The second-order valence-corrected chi connectivity index (χ2v) is 0.489. The largest absolute Gasteiger partial charge is 0.219 e. The van der Waals surface area contributed by atoms with Gasteiger partial charge in [0.1, 0.15) is 0 Å². The Labute approximate surface area is 69.3 Å². The van der Waals surface area contributed by atoms with Crippen LogP contribution < -0.4 is 0 Å². The topological polar surface area (TPSA) is 105 Å². The molecule has 0 aromatic rings. The average molecular weight is 194 g/mol. The maximum atomic E-state index is 7.32. The molecule has 0 aromatic carbocycles. The van der Waals surface area contributed by atoms with E-state index in [2.05, 4.69) is 35.3 Å². The van der Waals surface area contributed by atoms with Gasteiger partial charge in [0.25, 0.3) is 0 Å². The third-order valence-electron chi connectivity index (χ3n) is 0.172. The molecule has 0 aliphatic carbocycles. The Kier molecular flexibility index (Phi) is 42.2. The van der Waals surface area contributed by atoms with Gasteiger partial charge >= 0.3 is 0 Å². The summed E-state index contributed by atoms with van der Waals surface area (Å²) < 4.78 is 0. The predicted molar refractivity (Wildman–Crippen MR) is 33.0 cm³/mol. The average Bonchev–Trinajstić information content (AvgIpc) is 1.89. The minimum atomic E-state index is 0. The molecule has 12 heavy (non-hydrogen) atoms. The fourth-order valence-corrected chi connectivity index (χ4v) is 0.0589. The highest BCUT2D eigenvalue weighted by molar-refractivity contribution is 2.98. The smallest absolute Gasteiger partial charge is 0.00000272 e. The van der Waals surface area contributed by atoms with Gasteiger partial charge in [-0.3, -0.25) is 0 Å². The first-order valence-electron chi connectivity index (χ1n) is 1.37. The van der Waals surface area contributed by atoms with Crippen molar-refractivity contribution < 1.29 is 45.8 Å². The fourth-order valence-electron chi connectivity index (χ4n) is 0.0589. The summed E-state index contributed by atoms with van der Waals surface area (Å²) in [5, 5.41) is 36.5. The highest BCUT2D eigenvalue weighted by Gasteiger charge is 1.89. The van der Waals surface area contributed by atoms with Crippen LogP contribution in [0, 0.1) is 0 Å². The van der Waals surface area contributed by atoms with Crippen LogP contribution in [0.25, 0.3) is 0 Å². The maximum absolute atomic E-state index is 7.32. The van der Waals surface area contributed by atoms with E-state index in [0.29, 0.717) is 0 Å². The molecule has 0 amide bonds. The third-order valence-corrected chi connectivity index (χ3v) is 0.172. The van der Waals surface area contributed by atoms with Gasteiger partial charge in [-0.25, -0.2) is 10.5 Å². The molecular formula is C3H14O9. The Morgan fingerprint density at radius 2 is 0.750 bits per heavy atom. The first-order valence-corrected chi connectivity index (χ1v) is 1.37. The lowest BCUT2D eigenvalue weighted by Crippen LogP contribution is -1.98. The van der Waals surface area contributed by atoms with Crippen LogP contribution in [0.2, 0.25) is 0 Å². The lowest BCUT2D eigenvalue weighted by Gasteiger charge is -1.92. The van der Waals surface area contributed by atoms with Gasteiger partial charge in [0, 0.05) is 0 Å². The molecule has 0 spiro atoms. The first-order chi connectivity index (χ1) is 4.41. The summed E-state index contributed by atoms with van der Waals surface area (Å²) in [6, 6.07) is 0. The minimum absolute atomic E-state index is 0. The molecule has 0 rings (SSSR count). The van der Waals surface area contributed by atoms with Gasteiger partial charge in [0.2, 0.25) is 0 Å². The second-order valence-electron chi connectivity index (χ2n) is 0.489. The van der Waals surface area contributed by atoms with Crippen LogP contribution in [0.4, 0.5) is 0 Å². The van der Waals surface area contributed by atoms with Gasteiger partial charge in [-0.05, 0) is 35.3 Å². The van der Waals surface area contributed by atoms with E-state index >= 15 is 0 Å². The van der Waals surface area contributed by atoms with Gasteiger partial charge < -0.3 is 0 Å². The lowest BCUT2D eigenvalue weighted by molar-refractivity contribution is -0.828. The molecule has 9 heteroatoms. The highest BCUT2D eigenvalue weighted by atomic mass is 17.9. The third kappa shape index (κ3) is 22.6. The molecule has 0 bridgehead atoms. The van der Waals surface area contributed by atoms with Gasteiger partial charge in [-0.1, -0.05) is 22.3 Å². The molecule has 0 heterocycles. The van der Waals surface area contributed by atoms with E-state index in [1.165, 1.54) is 0 Å². The van der Waals surface area contributed by atoms with Crippen molar-refractivity contribution in [3.63, 3.8) is 0 Å². The van der Waals surface area contributed by atoms with Crippen molar-refractivity contribution in [2.24, 2.45) is 0 Å². The van der Waals surface area contributed by atoms with Gasteiger partial charge in [-0.2, -0.15) is 0 Å². The Morgan fingerprint density at radius 1 is 0.500 bits per heavy atom. The van der Waals surface area contributed by atoms with E-state index in [1.54, 1.807) is 0 Å². The molecule has 0 fully saturated rings. The minimum Gasteiger partial charge on any atom is -0.219 e. The molecule has 0 atom stereocenters.